The van der Waals surface area contributed by atoms with Crippen molar-refractivity contribution in [1.29, 1.82) is 0 Å². The van der Waals surface area contributed by atoms with E-state index in [0.717, 1.165) is 5.76 Å². The highest BCUT2D eigenvalue weighted by molar-refractivity contribution is 5.99. The number of carbonyl (C=O) groups excluding carboxylic acids is 1. The van der Waals surface area contributed by atoms with Gasteiger partial charge in [-0.1, -0.05) is 0 Å². The van der Waals surface area contributed by atoms with Crippen molar-refractivity contribution in [3.05, 3.63) is 47.9 Å². The van der Waals surface area contributed by atoms with E-state index < -0.39 is 5.91 Å². The second kappa shape index (κ2) is 4.83. The van der Waals surface area contributed by atoms with Crippen molar-refractivity contribution in [2.75, 3.05) is 11.1 Å². The van der Waals surface area contributed by atoms with Crippen molar-refractivity contribution < 1.29 is 9.21 Å². The highest BCUT2D eigenvalue weighted by Gasteiger charge is 2.13. The second-order valence-electron chi connectivity index (χ2n) is 4.05. The monoisotopic (exact) mass is 245 g/mol. The summed E-state index contributed by atoms with van der Waals surface area (Å²) in [4.78, 5) is 11.3. The number of anilines is 2. The van der Waals surface area contributed by atoms with Gasteiger partial charge in [0.2, 0.25) is 0 Å². The van der Waals surface area contributed by atoms with Crippen LogP contribution in [0, 0.1) is 0 Å². The summed E-state index contributed by atoms with van der Waals surface area (Å²) in [7, 11) is 0. The quantitative estimate of drug-likeness (QED) is 0.719. The molecule has 0 fully saturated rings. The van der Waals surface area contributed by atoms with Crippen LogP contribution >= 0.6 is 0 Å². The van der Waals surface area contributed by atoms with Crippen LogP contribution < -0.4 is 16.8 Å². The fourth-order valence-electron chi connectivity index (χ4n) is 1.73. The van der Waals surface area contributed by atoms with E-state index in [1.165, 1.54) is 0 Å². The molecule has 1 heterocycles. The van der Waals surface area contributed by atoms with Gasteiger partial charge in [0.25, 0.3) is 5.91 Å². The molecule has 1 amide bonds. The van der Waals surface area contributed by atoms with Crippen LogP contribution in [0.15, 0.2) is 41.0 Å². The van der Waals surface area contributed by atoms with Gasteiger partial charge in [0, 0.05) is 11.4 Å². The molecule has 94 valence electrons. The lowest BCUT2D eigenvalue weighted by atomic mass is 10.1. The van der Waals surface area contributed by atoms with Crippen LogP contribution in [0.2, 0.25) is 0 Å². The topological polar surface area (TPSA) is 94.3 Å². The highest BCUT2D eigenvalue weighted by atomic mass is 16.3. The van der Waals surface area contributed by atoms with Gasteiger partial charge < -0.3 is 21.2 Å². The van der Waals surface area contributed by atoms with Gasteiger partial charge in [0.15, 0.2) is 0 Å². The lowest BCUT2D eigenvalue weighted by molar-refractivity contribution is 0.100. The molecular weight excluding hydrogens is 230 g/mol. The number of nitrogens with two attached hydrogens (primary N) is 2. The molecule has 0 aliphatic carbocycles. The van der Waals surface area contributed by atoms with Crippen molar-refractivity contribution >= 4 is 17.3 Å². The number of carbonyl (C=O) groups is 1. The first-order valence-corrected chi connectivity index (χ1v) is 5.57. The minimum atomic E-state index is -0.517. The fourth-order valence-corrected chi connectivity index (χ4v) is 1.73. The summed E-state index contributed by atoms with van der Waals surface area (Å²) < 4.78 is 5.29. The zero-order valence-corrected chi connectivity index (χ0v) is 10.0. The van der Waals surface area contributed by atoms with Crippen LogP contribution in [0.5, 0.6) is 0 Å². The number of furan rings is 1. The van der Waals surface area contributed by atoms with E-state index >= 15 is 0 Å². The van der Waals surface area contributed by atoms with Gasteiger partial charge >= 0.3 is 0 Å². The lowest BCUT2D eigenvalue weighted by Crippen LogP contribution is -2.16. The van der Waals surface area contributed by atoms with Gasteiger partial charge in [0.05, 0.1) is 17.9 Å². The Balaban J connectivity index is 2.26. The summed E-state index contributed by atoms with van der Waals surface area (Å²) in [5.41, 5.74) is 12.5. The predicted octanol–water partition coefficient (Wildman–Crippen LogP) is 2.13. The third kappa shape index (κ3) is 2.45. The Morgan fingerprint density at radius 3 is 2.78 bits per heavy atom. The third-order valence-electron chi connectivity index (χ3n) is 2.65. The standard InChI is InChI=1S/C13H15N3O2/c1-8(12-3-2-6-18-12)16-11-5-4-9(14)7-10(11)13(15)17/h2-8,16H,14H2,1H3,(H2,15,17). The van der Waals surface area contributed by atoms with Crippen molar-refractivity contribution in [3.8, 4) is 0 Å². The maximum atomic E-state index is 11.3. The van der Waals surface area contributed by atoms with E-state index in [-0.39, 0.29) is 6.04 Å². The minimum Gasteiger partial charge on any atom is -0.467 e. The van der Waals surface area contributed by atoms with Crippen molar-refractivity contribution in [1.82, 2.24) is 0 Å². The molecule has 5 N–H and O–H groups in total. The first-order valence-electron chi connectivity index (χ1n) is 5.57. The molecule has 5 nitrogen and oxygen atoms in total. The van der Waals surface area contributed by atoms with Gasteiger partial charge in [0.1, 0.15) is 5.76 Å². The van der Waals surface area contributed by atoms with Gasteiger partial charge in [-0.25, -0.2) is 0 Å². The molecule has 2 aromatic rings. The Hall–Kier alpha value is -2.43. The highest BCUT2D eigenvalue weighted by Crippen LogP contribution is 2.24. The average Bonchev–Trinajstić information content (AvgIpc) is 2.84. The Morgan fingerprint density at radius 2 is 2.17 bits per heavy atom. The van der Waals surface area contributed by atoms with E-state index in [0.29, 0.717) is 16.9 Å². The molecule has 18 heavy (non-hydrogen) atoms. The lowest BCUT2D eigenvalue weighted by Gasteiger charge is -2.15. The summed E-state index contributed by atoms with van der Waals surface area (Å²) in [5, 5.41) is 3.17. The zero-order chi connectivity index (χ0) is 13.1. The normalized spacial score (nSPS) is 12.1. The summed E-state index contributed by atoms with van der Waals surface area (Å²) >= 11 is 0. The predicted molar refractivity (Wildman–Crippen MR) is 70.1 cm³/mol. The van der Waals surface area contributed by atoms with Crippen molar-refractivity contribution in [3.63, 3.8) is 0 Å². The molecule has 0 bridgehead atoms. The van der Waals surface area contributed by atoms with Crippen molar-refractivity contribution in [2.45, 2.75) is 13.0 Å². The van der Waals surface area contributed by atoms with E-state index in [1.54, 1.807) is 24.5 Å². The molecule has 0 saturated carbocycles. The summed E-state index contributed by atoms with van der Waals surface area (Å²) in [5.74, 6) is 0.263. The molecule has 0 aliphatic heterocycles. The zero-order valence-electron chi connectivity index (χ0n) is 10.0. The number of nitrogen functional groups attached to an aromatic ring is 1. The summed E-state index contributed by atoms with van der Waals surface area (Å²) in [6.07, 6.45) is 1.60. The first kappa shape index (κ1) is 12.0. The number of rotatable bonds is 4. The van der Waals surface area contributed by atoms with Gasteiger partial charge in [-0.15, -0.1) is 0 Å². The third-order valence-corrected chi connectivity index (χ3v) is 2.65. The van der Waals surface area contributed by atoms with Crippen LogP contribution in [0.3, 0.4) is 0 Å². The minimum absolute atomic E-state index is 0.0678. The molecule has 2 rings (SSSR count). The van der Waals surface area contributed by atoms with E-state index in [2.05, 4.69) is 5.32 Å². The Morgan fingerprint density at radius 1 is 1.39 bits per heavy atom. The number of nitrogens with one attached hydrogen (secondary N) is 1. The number of amides is 1. The molecule has 0 radical (unpaired) electrons. The summed E-state index contributed by atoms with van der Waals surface area (Å²) in [6, 6.07) is 8.60. The molecule has 0 spiro atoms. The van der Waals surface area contributed by atoms with Crippen LogP contribution in [0.1, 0.15) is 29.1 Å². The van der Waals surface area contributed by atoms with Gasteiger partial charge in [-0.05, 0) is 37.3 Å². The molecule has 1 atom stereocenters. The average molecular weight is 245 g/mol. The molecule has 1 unspecified atom stereocenters. The number of benzene rings is 1. The van der Waals surface area contributed by atoms with Crippen LogP contribution in [-0.2, 0) is 0 Å². The first-order chi connectivity index (χ1) is 8.58. The SMILES string of the molecule is CC(Nc1ccc(N)cc1C(N)=O)c1ccco1. The largest absolute Gasteiger partial charge is 0.467 e. The molecular formula is C13H15N3O2. The summed E-state index contributed by atoms with van der Waals surface area (Å²) in [6.45, 7) is 1.93. The van der Waals surface area contributed by atoms with Gasteiger partial charge in [-0.3, -0.25) is 4.79 Å². The maximum Gasteiger partial charge on any atom is 0.250 e. The second-order valence-corrected chi connectivity index (χ2v) is 4.05. The van der Waals surface area contributed by atoms with E-state index in [4.69, 9.17) is 15.9 Å². The number of primary amides is 1. The van der Waals surface area contributed by atoms with E-state index in [9.17, 15) is 4.79 Å². The Kier molecular flexibility index (Phi) is 3.23. The number of hydrogen-bond acceptors (Lipinski definition) is 4. The molecule has 1 aromatic carbocycles. The number of hydrogen-bond donors (Lipinski definition) is 3. The fraction of sp³-hybridized carbons (Fsp3) is 0.154. The van der Waals surface area contributed by atoms with E-state index in [1.807, 2.05) is 19.1 Å². The smallest absolute Gasteiger partial charge is 0.250 e. The molecule has 1 aromatic heterocycles. The molecule has 5 heteroatoms. The maximum absolute atomic E-state index is 11.3. The molecule has 0 saturated heterocycles. The Labute approximate surface area is 105 Å². The Bertz CT molecular complexity index is 549. The van der Waals surface area contributed by atoms with Crippen molar-refractivity contribution in [2.24, 2.45) is 5.73 Å². The van der Waals surface area contributed by atoms with Crippen LogP contribution in [0.4, 0.5) is 11.4 Å². The van der Waals surface area contributed by atoms with Crippen LogP contribution in [-0.4, -0.2) is 5.91 Å². The molecule has 0 aliphatic rings. The van der Waals surface area contributed by atoms with Gasteiger partial charge in [-0.2, -0.15) is 0 Å². The van der Waals surface area contributed by atoms with Crippen LogP contribution in [0.25, 0.3) is 0 Å².